The van der Waals surface area contributed by atoms with Crippen molar-refractivity contribution in [3.05, 3.63) is 39.3 Å². The molecule has 1 heterocycles. The lowest BCUT2D eigenvalue weighted by Gasteiger charge is -2.19. The van der Waals surface area contributed by atoms with Gasteiger partial charge in [0.2, 0.25) is 0 Å². The molecule has 19 heavy (non-hydrogen) atoms. The summed E-state index contributed by atoms with van der Waals surface area (Å²) < 4.78 is 1.11. The molecule has 0 aliphatic rings. The molecule has 1 aromatic carbocycles. The quantitative estimate of drug-likeness (QED) is 0.871. The predicted molar refractivity (Wildman–Crippen MR) is 86.6 cm³/mol. The molecule has 0 saturated heterocycles. The number of benzene rings is 1. The number of rotatable bonds is 3. The van der Waals surface area contributed by atoms with Gasteiger partial charge in [-0.05, 0) is 39.3 Å². The fourth-order valence-electron chi connectivity index (χ4n) is 1.66. The van der Waals surface area contributed by atoms with Crippen LogP contribution in [0.25, 0.3) is 10.6 Å². The van der Waals surface area contributed by atoms with Gasteiger partial charge in [0.1, 0.15) is 5.01 Å². The minimum Gasteiger partial charge on any atom is -0.307 e. The average Bonchev–Trinajstić information content (AvgIpc) is 2.74. The fraction of sp³-hybridized carbons (Fsp3) is 0.400. The molecule has 0 amide bonds. The lowest BCUT2D eigenvalue weighted by Crippen LogP contribution is -2.34. The van der Waals surface area contributed by atoms with E-state index in [4.69, 9.17) is 0 Å². The molecule has 2 rings (SSSR count). The van der Waals surface area contributed by atoms with Gasteiger partial charge in [0, 0.05) is 33.2 Å². The Balaban J connectivity index is 2.16. The van der Waals surface area contributed by atoms with Gasteiger partial charge < -0.3 is 5.32 Å². The third kappa shape index (κ3) is 4.13. The van der Waals surface area contributed by atoms with Crippen molar-refractivity contribution in [3.8, 4) is 10.6 Å². The van der Waals surface area contributed by atoms with Crippen molar-refractivity contribution in [2.24, 2.45) is 0 Å². The number of nitrogens with one attached hydrogen (secondary N) is 1. The molecule has 0 radical (unpaired) electrons. The third-order valence-electron chi connectivity index (χ3n) is 2.70. The minimum absolute atomic E-state index is 0.134. The summed E-state index contributed by atoms with van der Waals surface area (Å²) in [6.07, 6.45) is 1.96. The van der Waals surface area contributed by atoms with E-state index >= 15 is 0 Å². The number of nitrogens with zero attached hydrogens (tertiary/aromatic N) is 1. The van der Waals surface area contributed by atoms with E-state index in [9.17, 15) is 0 Å². The maximum atomic E-state index is 4.53. The van der Waals surface area contributed by atoms with Crippen molar-refractivity contribution in [2.75, 3.05) is 0 Å². The van der Waals surface area contributed by atoms with Gasteiger partial charge in [0.05, 0.1) is 0 Å². The number of hydrogen-bond donors (Lipinski definition) is 1. The Bertz CT molecular complexity index is 570. The Morgan fingerprint density at radius 2 is 2.05 bits per heavy atom. The third-order valence-corrected chi connectivity index (χ3v) is 4.39. The molecule has 0 fully saturated rings. The van der Waals surface area contributed by atoms with E-state index in [1.165, 1.54) is 10.4 Å². The normalized spacial score (nSPS) is 11.8. The average molecular weight is 339 g/mol. The molecule has 0 bridgehead atoms. The smallest absolute Gasteiger partial charge is 0.124 e. The van der Waals surface area contributed by atoms with Gasteiger partial charge in [-0.15, -0.1) is 11.3 Å². The van der Waals surface area contributed by atoms with E-state index in [1.54, 1.807) is 11.3 Å². The van der Waals surface area contributed by atoms with Crippen molar-refractivity contribution in [3.63, 3.8) is 0 Å². The molecule has 2 nitrogen and oxygen atoms in total. The molecule has 0 aliphatic heterocycles. The van der Waals surface area contributed by atoms with E-state index in [1.807, 2.05) is 6.20 Å². The number of aromatic nitrogens is 1. The van der Waals surface area contributed by atoms with E-state index in [2.05, 4.69) is 72.1 Å². The van der Waals surface area contributed by atoms with Gasteiger partial charge in [0.25, 0.3) is 0 Å². The van der Waals surface area contributed by atoms with Crippen LogP contribution in [0, 0.1) is 6.92 Å². The minimum atomic E-state index is 0.134. The van der Waals surface area contributed by atoms with Crippen LogP contribution in [0.2, 0.25) is 0 Å². The number of hydrogen-bond acceptors (Lipinski definition) is 3. The summed E-state index contributed by atoms with van der Waals surface area (Å²) >= 11 is 5.36. The summed E-state index contributed by atoms with van der Waals surface area (Å²) in [5, 5.41) is 4.55. The standard InChI is InChI=1S/C15H19BrN2S/c1-10-5-6-12(13(16)7-10)14-17-8-11(19-14)9-18-15(2,3)4/h5-8,18H,9H2,1-4H3. The second-order valence-corrected chi connectivity index (χ2v) is 7.69. The summed E-state index contributed by atoms with van der Waals surface area (Å²) in [6, 6.07) is 6.37. The Morgan fingerprint density at radius 3 is 2.68 bits per heavy atom. The zero-order valence-corrected chi connectivity index (χ0v) is 14.2. The topological polar surface area (TPSA) is 24.9 Å². The Morgan fingerprint density at radius 1 is 1.32 bits per heavy atom. The highest BCUT2D eigenvalue weighted by atomic mass is 79.9. The van der Waals surface area contributed by atoms with Crippen LogP contribution in [0.15, 0.2) is 28.9 Å². The van der Waals surface area contributed by atoms with Crippen LogP contribution in [0.5, 0.6) is 0 Å². The van der Waals surface area contributed by atoms with Crippen molar-refractivity contribution in [2.45, 2.75) is 39.8 Å². The largest absolute Gasteiger partial charge is 0.307 e. The summed E-state index contributed by atoms with van der Waals surface area (Å²) in [4.78, 5) is 5.79. The summed E-state index contributed by atoms with van der Waals surface area (Å²) in [6.45, 7) is 9.47. The first-order chi connectivity index (χ1) is 8.85. The first-order valence-electron chi connectivity index (χ1n) is 6.31. The molecule has 4 heteroatoms. The molecular weight excluding hydrogens is 320 g/mol. The maximum absolute atomic E-state index is 4.53. The number of thiazole rings is 1. The zero-order valence-electron chi connectivity index (χ0n) is 11.7. The number of aryl methyl sites for hydroxylation is 1. The lowest BCUT2D eigenvalue weighted by atomic mass is 10.1. The van der Waals surface area contributed by atoms with Crippen LogP contribution < -0.4 is 5.32 Å². The fourth-order valence-corrected chi connectivity index (χ4v) is 3.36. The Kier molecular flexibility index (Phi) is 4.43. The zero-order chi connectivity index (χ0) is 14.0. The molecule has 0 spiro atoms. The van der Waals surface area contributed by atoms with Crippen LogP contribution in [-0.2, 0) is 6.54 Å². The van der Waals surface area contributed by atoms with Gasteiger partial charge in [-0.2, -0.15) is 0 Å². The molecule has 1 N–H and O–H groups in total. The van der Waals surface area contributed by atoms with Crippen LogP contribution in [-0.4, -0.2) is 10.5 Å². The highest BCUT2D eigenvalue weighted by Crippen LogP contribution is 2.32. The molecular formula is C15H19BrN2S. The highest BCUT2D eigenvalue weighted by molar-refractivity contribution is 9.10. The van der Waals surface area contributed by atoms with Gasteiger partial charge in [-0.3, -0.25) is 0 Å². The first kappa shape index (κ1) is 14.7. The van der Waals surface area contributed by atoms with Crippen LogP contribution >= 0.6 is 27.3 Å². The molecule has 0 aliphatic carbocycles. The van der Waals surface area contributed by atoms with Crippen LogP contribution in [0.1, 0.15) is 31.2 Å². The lowest BCUT2D eigenvalue weighted by molar-refractivity contribution is 0.426. The summed E-state index contributed by atoms with van der Waals surface area (Å²) in [7, 11) is 0. The van der Waals surface area contributed by atoms with Crippen molar-refractivity contribution < 1.29 is 0 Å². The van der Waals surface area contributed by atoms with Crippen molar-refractivity contribution in [1.82, 2.24) is 10.3 Å². The monoisotopic (exact) mass is 338 g/mol. The molecule has 2 aromatic rings. The maximum Gasteiger partial charge on any atom is 0.124 e. The van der Waals surface area contributed by atoms with Crippen molar-refractivity contribution >= 4 is 27.3 Å². The van der Waals surface area contributed by atoms with Crippen LogP contribution in [0.4, 0.5) is 0 Å². The van der Waals surface area contributed by atoms with Gasteiger partial charge in [0.15, 0.2) is 0 Å². The first-order valence-corrected chi connectivity index (χ1v) is 7.92. The molecule has 0 saturated carbocycles. The van der Waals surface area contributed by atoms with Gasteiger partial charge in [-0.25, -0.2) is 4.98 Å². The van der Waals surface area contributed by atoms with E-state index in [-0.39, 0.29) is 5.54 Å². The highest BCUT2D eigenvalue weighted by Gasteiger charge is 2.12. The van der Waals surface area contributed by atoms with Gasteiger partial charge in [-0.1, -0.05) is 28.1 Å². The Hall–Kier alpha value is -0.710. The van der Waals surface area contributed by atoms with Crippen molar-refractivity contribution in [1.29, 1.82) is 0 Å². The molecule has 0 unspecified atom stereocenters. The van der Waals surface area contributed by atoms with Gasteiger partial charge >= 0.3 is 0 Å². The van der Waals surface area contributed by atoms with E-state index < -0.39 is 0 Å². The molecule has 1 aromatic heterocycles. The summed E-state index contributed by atoms with van der Waals surface area (Å²) in [5.74, 6) is 0. The molecule has 102 valence electrons. The second kappa shape index (κ2) is 5.73. The number of halogens is 1. The van der Waals surface area contributed by atoms with Crippen LogP contribution in [0.3, 0.4) is 0 Å². The summed E-state index contributed by atoms with van der Waals surface area (Å²) in [5.41, 5.74) is 2.55. The van der Waals surface area contributed by atoms with E-state index in [0.717, 1.165) is 21.6 Å². The van der Waals surface area contributed by atoms with E-state index in [0.29, 0.717) is 0 Å². The predicted octanol–water partition coefficient (Wildman–Crippen LogP) is 4.77. The molecule has 0 atom stereocenters. The Labute approximate surface area is 127 Å². The SMILES string of the molecule is Cc1ccc(-c2ncc(CNC(C)(C)C)s2)c(Br)c1. The second-order valence-electron chi connectivity index (χ2n) is 5.72.